The summed E-state index contributed by atoms with van der Waals surface area (Å²) in [5.74, 6) is -0.222. The van der Waals surface area contributed by atoms with Crippen LogP contribution in [0.4, 0.5) is 4.39 Å². The molecule has 0 heterocycles. The molecule has 1 unspecified atom stereocenters. The Morgan fingerprint density at radius 3 is 2.58 bits per heavy atom. The van der Waals surface area contributed by atoms with Gasteiger partial charge in [0.2, 0.25) is 0 Å². The molecule has 0 bridgehead atoms. The van der Waals surface area contributed by atoms with Crippen molar-refractivity contribution >= 4 is 27.5 Å². The molecule has 0 spiro atoms. The smallest absolute Gasteiger partial charge is 0.140 e. The maximum atomic E-state index is 13.2. The maximum absolute atomic E-state index is 13.2. The van der Waals surface area contributed by atoms with Crippen LogP contribution in [0.1, 0.15) is 23.4 Å². The van der Waals surface area contributed by atoms with Crippen molar-refractivity contribution in [2.24, 2.45) is 0 Å². The van der Waals surface area contributed by atoms with E-state index in [1.54, 1.807) is 13.0 Å². The normalized spacial score (nSPS) is 13.1. The van der Waals surface area contributed by atoms with E-state index in [4.69, 9.17) is 11.6 Å². The van der Waals surface area contributed by atoms with Gasteiger partial charge in [0.15, 0.2) is 0 Å². The second-order valence-electron chi connectivity index (χ2n) is 2.69. The molecule has 0 aliphatic heterocycles. The van der Waals surface area contributed by atoms with Crippen molar-refractivity contribution in [3.05, 3.63) is 33.5 Å². The van der Waals surface area contributed by atoms with Crippen molar-refractivity contribution in [1.82, 2.24) is 0 Å². The summed E-state index contributed by atoms with van der Waals surface area (Å²) in [6, 6.07) is 3.51. The van der Waals surface area contributed by atoms with Crippen molar-refractivity contribution in [3.63, 3.8) is 0 Å². The second kappa shape index (κ2) is 3.75. The minimum Gasteiger partial charge on any atom is -0.205 e. The summed E-state index contributed by atoms with van der Waals surface area (Å²) in [5, 5.41) is -0.146. The molecule has 0 N–H and O–H groups in total. The number of rotatable bonds is 1. The van der Waals surface area contributed by atoms with E-state index in [9.17, 15) is 4.39 Å². The van der Waals surface area contributed by atoms with E-state index in [2.05, 4.69) is 15.9 Å². The summed E-state index contributed by atoms with van der Waals surface area (Å²) in [5.41, 5.74) is 1.46. The number of hydrogen-bond donors (Lipinski definition) is 0. The summed E-state index contributed by atoms with van der Waals surface area (Å²) < 4.78 is 13.7. The Morgan fingerprint density at radius 1 is 1.50 bits per heavy atom. The predicted octanol–water partition coefficient (Wildman–Crippen LogP) is 4.20. The van der Waals surface area contributed by atoms with Crippen LogP contribution >= 0.6 is 27.5 Å². The number of hydrogen-bond acceptors (Lipinski definition) is 0. The molecule has 0 saturated carbocycles. The molecule has 0 fully saturated rings. The van der Waals surface area contributed by atoms with Gasteiger partial charge in [-0.15, -0.1) is 11.6 Å². The minimum absolute atomic E-state index is 0.146. The third-order valence-corrected chi connectivity index (χ3v) is 2.66. The lowest BCUT2D eigenvalue weighted by Gasteiger charge is -2.09. The lowest BCUT2D eigenvalue weighted by Crippen LogP contribution is -1.93. The van der Waals surface area contributed by atoms with Crippen LogP contribution in [0.5, 0.6) is 0 Å². The van der Waals surface area contributed by atoms with Crippen LogP contribution in [0.3, 0.4) is 0 Å². The summed E-state index contributed by atoms with van der Waals surface area (Å²) in [7, 11) is 0. The first-order valence-corrected chi connectivity index (χ1v) is 4.85. The third-order valence-electron chi connectivity index (χ3n) is 1.81. The minimum atomic E-state index is -0.222. The molecule has 1 rings (SSSR count). The van der Waals surface area contributed by atoms with Gasteiger partial charge in [-0.1, -0.05) is 6.07 Å². The van der Waals surface area contributed by atoms with E-state index in [-0.39, 0.29) is 11.2 Å². The highest BCUT2D eigenvalue weighted by molar-refractivity contribution is 9.10. The lowest BCUT2D eigenvalue weighted by atomic mass is 10.1. The zero-order valence-electron chi connectivity index (χ0n) is 6.87. The molecule has 0 aliphatic rings. The first-order chi connectivity index (χ1) is 5.54. The molecule has 1 aromatic rings. The molecular weight excluding hydrogens is 242 g/mol. The molecule has 3 heteroatoms. The molecule has 0 aromatic heterocycles. The van der Waals surface area contributed by atoms with E-state index in [0.717, 1.165) is 5.56 Å². The van der Waals surface area contributed by atoms with Crippen molar-refractivity contribution in [1.29, 1.82) is 0 Å². The Hall–Kier alpha value is -0.0800. The fourth-order valence-corrected chi connectivity index (χ4v) is 1.76. The molecule has 0 aliphatic carbocycles. The highest BCUT2D eigenvalue weighted by atomic mass is 79.9. The van der Waals surface area contributed by atoms with Gasteiger partial charge in [-0.05, 0) is 47.0 Å². The molecule has 12 heavy (non-hydrogen) atoms. The fourth-order valence-electron chi connectivity index (χ4n) is 1.10. The molecule has 0 nitrogen and oxygen atoms in total. The first-order valence-electron chi connectivity index (χ1n) is 3.62. The van der Waals surface area contributed by atoms with Gasteiger partial charge in [0.1, 0.15) is 5.82 Å². The Bertz CT molecular complexity index is 297. The van der Waals surface area contributed by atoms with Gasteiger partial charge >= 0.3 is 0 Å². The van der Waals surface area contributed by atoms with Gasteiger partial charge in [0.25, 0.3) is 0 Å². The Morgan fingerprint density at radius 2 is 2.08 bits per heavy atom. The zero-order chi connectivity index (χ0) is 9.30. The van der Waals surface area contributed by atoms with Gasteiger partial charge in [0.05, 0.1) is 9.85 Å². The predicted molar refractivity (Wildman–Crippen MR) is 53.1 cm³/mol. The summed E-state index contributed by atoms with van der Waals surface area (Å²) in [4.78, 5) is 0. The third kappa shape index (κ3) is 1.80. The van der Waals surface area contributed by atoms with E-state index >= 15 is 0 Å². The van der Waals surface area contributed by atoms with Gasteiger partial charge in [-0.25, -0.2) is 4.39 Å². The van der Waals surface area contributed by atoms with Crippen LogP contribution in [0.2, 0.25) is 0 Å². The van der Waals surface area contributed by atoms with Crippen LogP contribution in [0, 0.1) is 12.7 Å². The average molecular weight is 252 g/mol. The summed E-state index contributed by atoms with van der Waals surface area (Å²) in [6.07, 6.45) is 0. The topological polar surface area (TPSA) is 0 Å². The number of halogens is 3. The average Bonchev–Trinajstić information content (AvgIpc) is 2.00. The molecule has 66 valence electrons. The quantitative estimate of drug-likeness (QED) is 0.656. The highest BCUT2D eigenvalue weighted by Gasteiger charge is 2.10. The molecule has 0 radical (unpaired) electrons. The SMILES string of the molecule is Cc1c(C(C)Cl)ccc(Br)c1F. The van der Waals surface area contributed by atoms with Crippen LogP contribution in [0.25, 0.3) is 0 Å². The van der Waals surface area contributed by atoms with Gasteiger partial charge in [0, 0.05) is 0 Å². The largest absolute Gasteiger partial charge is 0.205 e. The van der Waals surface area contributed by atoms with E-state index in [1.165, 1.54) is 0 Å². The lowest BCUT2D eigenvalue weighted by molar-refractivity contribution is 0.608. The van der Waals surface area contributed by atoms with E-state index in [1.807, 2.05) is 13.0 Å². The van der Waals surface area contributed by atoms with Crippen molar-refractivity contribution in [2.45, 2.75) is 19.2 Å². The highest BCUT2D eigenvalue weighted by Crippen LogP contribution is 2.28. The van der Waals surface area contributed by atoms with E-state index in [0.29, 0.717) is 10.0 Å². The summed E-state index contributed by atoms with van der Waals surface area (Å²) >= 11 is 8.96. The second-order valence-corrected chi connectivity index (χ2v) is 4.20. The van der Waals surface area contributed by atoms with Gasteiger partial charge in [-0.2, -0.15) is 0 Å². The molecule has 0 amide bonds. The maximum Gasteiger partial charge on any atom is 0.140 e. The van der Waals surface area contributed by atoms with Crippen LogP contribution in [-0.4, -0.2) is 0 Å². The van der Waals surface area contributed by atoms with Crippen LogP contribution < -0.4 is 0 Å². The Balaban J connectivity index is 3.27. The monoisotopic (exact) mass is 250 g/mol. The zero-order valence-corrected chi connectivity index (χ0v) is 9.21. The molecule has 1 aromatic carbocycles. The van der Waals surface area contributed by atoms with Crippen molar-refractivity contribution in [3.8, 4) is 0 Å². The van der Waals surface area contributed by atoms with Crippen molar-refractivity contribution in [2.75, 3.05) is 0 Å². The number of benzene rings is 1. The van der Waals surface area contributed by atoms with E-state index < -0.39 is 0 Å². The van der Waals surface area contributed by atoms with Gasteiger partial charge in [-0.3, -0.25) is 0 Å². The fraction of sp³-hybridized carbons (Fsp3) is 0.333. The standard InChI is InChI=1S/C9H9BrClF/c1-5-7(6(2)11)3-4-8(10)9(5)12/h3-4,6H,1-2H3. The van der Waals surface area contributed by atoms with Gasteiger partial charge < -0.3 is 0 Å². The number of alkyl halides is 1. The Labute approximate surface area is 84.9 Å². The molecular formula is C9H9BrClF. The van der Waals surface area contributed by atoms with Crippen LogP contribution in [-0.2, 0) is 0 Å². The van der Waals surface area contributed by atoms with Crippen LogP contribution in [0.15, 0.2) is 16.6 Å². The summed E-state index contributed by atoms with van der Waals surface area (Å²) in [6.45, 7) is 3.56. The first kappa shape index (κ1) is 10.0. The molecule has 1 atom stereocenters. The van der Waals surface area contributed by atoms with Crippen molar-refractivity contribution < 1.29 is 4.39 Å². The Kier molecular flexibility index (Phi) is 3.13. The molecule has 0 saturated heterocycles.